The summed E-state index contributed by atoms with van der Waals surface area (Å²) >= 11 is 0. The number of hydrogen-bond acceptors (Lipinski definition) is 5. The van der Waals surface area contributed by atoms with E-state index in [1.54, 1.807) is 4.90 Å². The Hall–Kier alpha value is -1.19. The summed E-state index contributed by atoms with van der Waals surface area (Å²) in [5, 5.41) is 8.43. The molecule has 0 aromatic heterocycles. The number of amides is 1. The number of carboxylic acid groups (broad SMARTS) is 1. The summed E-state index contributed by atoms with van der Waals surface area (Å²) in [6.45, 7) is 2.11. The summed E-state index contributed by atoms with van der Waals surface area (Å²) in [6.07, 6.45) is -0.0339. The fourth-order valence-corrected chi connectivity index (χ4v) is 2.85. The van der Waals surface area contributed by atoms with E-state index in [1.165, 1.54) is 0 Å². The van der Waals surface area contributed by atoms with Gasteiger partial charge < -0.3 is 14.7 Å². The summed E-state index contributed by atoms with van der Waals surface area (Å²) in [7, 11) is -3.51. The molecule has 1 saturated heterocycles. The highest BCUT2D eigenvalue weighted by Crippen LogP contribution is 2.00. The average Bonchev–Trinajstić information content (AvgIpc) is 2.38. The number of carbonyl (C=O) groups is 2. The van der Waals surface area contributed by atoms with Crippen LogP contribution in [0.3, 0.4) is 0 Å². The second kappa shape index (κ2) is 8.18. The fraction of sp³-hybridized carbons (Fsp3) is 0.818. The van der Waals surface area contributed by atoms with Gasteiger partial charge in [-0.3, -0.25) is 9.59 Å². The molecule has 0 saturated carbocycles. The number of nitrogens with one attached hydrogen (secondary N) is 1. The number of nitrogens with zero attached hydrogens (tertiary/aromatic N) is 1. The first-order chi connectivity index (χ1) is 9.41. The van der Waals surface area contributed by atoms with E-state index in [0.717, 1.165) is 0 Å². The monoisotopic (exact) mass is 308 g/mol. The van der Waals surface area contributed by atoms with Crippen molar-refractivity contribution in [2.45, 2.75) is 19.3 Å². The Morgan fingerprint density at radius 2 is 1.85 bits per heavy atom. The lowest BCUT2D eigenvalue weighted by Crippen LogP contribution is -2.42. The molecule has 2 N–H and O–H groups in total. The van der Waals surface area contributed by atoms with Crippen LogP contribution in [0.4, 0.5) is 0 Å². The molecule has 0 bridgehead atoms. The van der Waals surface area contributed by atoms with Crippen LogP contribution in [0.5, 0.6) is 0 Å². The Kier molecular flexibility index (Phi) is 6.89. The molecular weight excluding hydrogens is 288 g/mol. The highest BCUT2D eigenvalue weighted by molar-refractivity contribution is 7.89. The normalized spacial score (nSPS) is 16.1. The fourth-order valence-electron chi connectivity index (χ4n) is 1.77. The maximum atomic E-state index is 11.7. The molecule has 0 unspecified atom stereocenters. The van der Waals surface area contributed by atoms with E-state index in [1.807, 2.05) is 0 Å². The van der Waals surface area contributed by atoms with E-state index in [0.29, 0.717) is 26.3 Å². The van der Waals surface area contributed by atoms with Gasteiger partial charge in [0.2, 0.25) is 15.9 Å². The van der Waals surface area contributed by atoms with Crippen LogP contribution >= 0.6 is 0 Å². The van der Waals surface area contributed by atoms with Gasteiger partial charge in [0, 0.05) is 32.5 Å². The maximum Gasteiger partial charge on any atom is 0.303 e. The SMILES string of the molecule is O=C(O)CCCS(=O)(=O)NCCC(=O)N1CCOCC1. The molecule has 1 aliphatic rings. The van der Waals surface area contributed by atoms with Gasteiger partial charge in [-0.1, -0.05) is 0 Å². The molecule has 1 rings (SSSR count). The van der Waals surface area contributed by atoms with Gasteiger partial charge in [-0.2, -0.15) is 0 Å². The Morgan fingerprint density at radius 3 is 2.45 bits per heavy atom. The third-order valence-corrected chi connectivity index (χ3v) is 4.30. The van der Waals surface area contributed by atoms with Crippen LogP contribution in [0.25, 0.3) is 0 Å². The van der Waals surface area contributed by atoms with Crippen LogP contribution in [0.15, 0.2) is 0 Å². The van der Waals surface area contributed by atoms with E-state index >= 15 is 0 Å². The van der Waals surface area contributed by atoms with Gasteiger partial charge in [-0.05, 0) is 6.42 Å². The Labute approximate surface area is 118 Å². The minimum atomic E-state index is -3.51. The number of carboxylic acids is 1. The van der Waals surface area contributed by atoms with E-state index in [2.05, 4.69) is 4.72 Å². The van der Waals surface area contributed by atoms with Crippen LogP contribution in [-0.2, 0) is 24.3 Å². The Morgan fingerprint density at radius 1 is 1.20 bits per heavy atom. The molecule has 0 aliphatic carbocycles. The summed E-state index contributed by atoms with van der Waals surface area (Å²) in [5.41, 5.74) is 0. The molecule has 0 aromatic rings. The molecular formula is C11H20N2O6S. The first-order valence-corrected chi connectivity index (χ1v) is 8.10. The van der Waals surface area contributed by atoms with E-state index in [-0.39, 0.29) is 37.5 Å². The van der Waals surface area contributed by atoms with Crippen molar-refractivity contribution in [2.75, 3.05) is 38.6 Å². The summed E-state index contributed by atoms with van der Waals surface area (Å²) in [4.78, 5) is 23.7. The quantitative estimate of drug-likeness (QED) is 0.596. The zero-order valence-electron chi connectivity index (χ0n) is 11.2. The van der Waals surface area contributed by atoms with Crippen molar-refractivity contribution < 1.29 is 27.9 Å². The molecule has 1 heterocycles. The first-order valence-electron chi connectivity index (χ1n) is 6.45. The summed E-state index contributed by atoms with van der Waals surface area (Å²) < 4.78 is 30.5. The largest absolute Gasteiger partial charge is 0.481 e. The zero-order valence-corrected chi connectivity index (χ0v) is 12.0. The lowest BCUT2D eigenvalue weighted by Gasteiger charge is -2.26. The van der Waals surface area contributed by atoms with Gasteiger partial charge in [0.05, 0.1) is 19.0 Å². The number of rotatable bonds is 8. The molecule has 0 aromatic carbocycles. The highest BCUT2D eigenvalue weighted by atomic mass is 32.2. The van der Waals surface area contributed by atoms with Crippen molar-refractivity contribution in [1.82, 2.24) is 9.62 Å². The van der Waals surface area contributed by atoms with Gasteiger partial charge in [0.1, 0.15) is 0 Å². The Balaban J connectivity index is 2.21. The van der Waals surface area contributed by atoms with Gasteiger partial charge in [-0.15, -0.1) is 0 Å². The molecule has 1 fully saturated rings. The molecule has 8 nitrogen and oxygen atoms in total. The van der Waals surface area contributed by atoms with Crippen molar-refractivity contribution in [2.24, 2.45) is 0 Å². The molecule has 0 radical (unpaired) electrons. The van der Waals surface area contributed by atoms with Gasteiger partial charge in [0.15, 0.2) is 0 Å². The average molecular weight is 308 g/mol. The van der Waals surface area contributed by atoms with E-state index in [4.69, 9.17) is 9.84 Å². The van der Waals surface area contributed by atoms with Gasteiger partial charge in [0.25, 0.3) is 0 Å². The van der Waals surface area contributed by atoms with Gasteiger partial charge in [-0.25, -0.2) is 13.1 Å². The first kappa shape index (κ1) is 16.9. The highest BCUT2D eigenvalue weighted by Gasteiger charge is 2.17. The minimum Gasteiger partial charge on any atom is -0.481 e. The van der Waals surface area contributed by atoms with Crippen molar-refractivity contribution >= 4 is 21.9 Å². The third kappa shape index (κ3) is 6.83. The van der Waals surface area contributed by atoms with E-state index < -0.39 is 16.0 Å². The molecule has 0 atom stereocenters. The number of sulfonamides is 1. The molecule has 9 heteroatoms. The number of aliphatic carboxylic acids is 1. The summed E-state index contributed by atoms with van der Waals surface area (Å²) in [5.74, 6) is -1.38. The molecule has 0 spiro atoms. The topological polar surface area (TPSA) is 113 Å². The van der Waals surface area contributed by atoms with E-state index in [9.17, 15) is 18.0 Å². The van der Waals surface area contributed by atoms with Crippen molar-refractivity contribution in [3.8, 4) is 0 Å². The minimum absolute atomic E-state index is 0.0333. The predicted octanol–water partition coefficient (Wildman–Crippen LogP) is -0.980. The summed E-state index contributed by atoms with van der Waals surface area (Å²) in [6, 6.07) is 0. The van der Waals surface area contributed by atoms with Crippen LogP contribution in [0.2, 0.25) is 0 Å². The Bertz CT molecular complexity index is 430. The van der Waals surface area contributed by atoms with Crippen molar-refractivity contribution in [3.05, 3.63) is 0 Å². The number of hydrogen-bond donors (Lipinski definition) is 2. The predicted molar refractivity (Wildman–Crippen MR) is 70.7 cm³/mol. The van der Waals surface area contributed by atoms with Crippen LogP contribution < -0.4 is 4.72 Å². The molecule has 116 valence electrons. The molecule has 1 aliphatic heterocycles. The lowest BCUT2D eigenvalue weighted by molar-refractivity contribution is -0.137. The zero-order chi connectivity index (χ0) is 15.0. The number of morpholine rings is 1. The second-order valence-corrected chi connectivity index (χ2v) is 6.38. The molecule has 1 amide bonds. The van der Waals surface area contributed by atoms with Crippen LogP contribution in [-0.4, -0.2) is 68.9 Å². The molecule has 20 heavy (non-hydrogen) atoms. The maximum absolute atomic E-state index is 11.7. The third-order valence-electron chi connectivity index (χ3n) is 2.83. The van der Waals surface area contributed by atoms with Crippen LogP contribution in [0.1, 0.15) is 19.3 Å². The van der Waals surface area contributed by atoms with Crippen molar-refractivity contribution in [3.63, 3.8) is 0 Å². The van der Waals surface area contributed by atoms with Crippen molar-refractivity contribution in [1.29, 1.82) is 0 Å². The standard InChI is InChI=1S/C11H20N2O6S/c14-10(13-5-7-19-8-6-13)3-4-12-20(17,18)9-1-2-11(15)16/h12H,1-9H2,(H,15,16). The number of carbonyl (C=O) groups excluding carboxylic acids is 1. The number of ether oxygens (including phenoxy) is 1. The van der Waals surface area contributed by atoms with Gasteiger partial charge >= 0.3 is 5.97 Å². The second-order valence-electron chi connectivity index (χ2n) is 4.45. The lowest BCUT2D eigenvalue weighted by atomic mass is 10.3. The van der Waals surface area contributed by atoms with Crippen LogP contribution in [0, 0.1) is 0 Å². The smallest absolute Gasteiger partial charge is 0.303 e.